The van der Waals surface area contributed by atoms with Crippen LogP contribution in [0.15, 0.2) is 88.9 Å². The molecule has 10 heteroatoms. The van der Waals surface area contributed by atoms with Gasteiger partial charge in [0, 0.05) is 34.3 Å². The molecule has 0 radical (unpaired) electrons. The molecule has 0 saturated heterocycles. The molecule has 5 aromatic rings. The van der Waals surface area contributed by atoms with E-state index >= 15 is 4.39 Å². The van der Waals surface area contributed by atoms with Crippen LogP contribution in [0.3, 0.4) is 0 Å². The van der Waals surface area contributed by atoms with E-state index in [0.717, 1.165) is 5.56 Å². The second-order valence-corrected chi connectivity index (χ2v) is 11.1. The van der Waals surface area contributed by atoms with Crippen LogP contribution in [0.1, 0.15) is 11.3 Å². The number of hydrogen-bond donors (Lipinski definition) is 0. The number of sulfone groups is 1. The Hall–Kier alpha value is -4.08. The third-order valence-corrected chi connectivity index (χ3v) is 8.26. The topological polar surface area (TPSA) is 91.2 Å². The highest BCUT2D eigenvalue weighted by atomic mass is 35.5. The molecule has 7 nitrogen and oxygen atoms in total. The number of benzene rings is 3. The van der Waals surface area contributed by atoms with Crippen molar-refractivity contribution in [3.63, 3.8) is 0 Å². The number of ether oxygens (including phenoxy) is 1. The van der Waals surface area contributed by atoms with Crippen molar-refractivity contribution in [2.24, 2.45) is 0 Å². The number of aryl methyl sites for hydroxylation is 1. The normalized spacial score (nSPS) is 11.6. The van der Waals surface area contributed by atoms with E-state index in [0.29, 0.717) is 27.2 Å². The molecule has 192 valence electrons. The zero-order valence-electron chi connectivity index (χ0n) is 20.4. The van der Waals surface area contributed by atoms with Crippen LogP contribution in [0.2, 0.25) is 5.02 Å². The molecule has 3 aromatic carbocycles. The largest absolute Gasteiger partial charge is 0.495 e. The van der Waals surface area contributed by atoms with E-state index in [1.165, 1.54) is 72.7 Å². The molecule has 0 fully saturated rings. The van der Waals surface area contributed by atoms with Crippen LogP contribution in [-0.2, 0) is 15.6 Å². The highest BCUT2D eigenvalue weighted by molar-refractivity contribution is 7.90. The molecule has 0 N–H and O–H groups in total. The van der Waals surface area contributed by atoms with Crippen LogP contribution >= 0.6 is 11.6 Å². The Morgan fingerprint density at radius 3 is 2.55 bits per heavy atom. The third kappa shape index (κ3) is 4.78. The van der Waals surface area contributed by atoms with Gasteiger partial charge in [0.2, 0.25) is 0 Å². The van der Waals surface area contributed by atoms with Gasteiger partial charge in [-0.25, -0.2) is 22.8 Å². The SMILES string of the molecule is COc1cc(-c2ccc(Cl)c(C)c2)c(F)cc1-n1c(=O)ccc2cc(S(=O)(=O)Cc3ccncn3)ccc21. The number of hydrogen-bond acceptors (Lipinski definition) is 6. The van der Waals surface area contributed by atoms with Gasteiger partial charge in [-0.05, 0) is 66.6 Å². The van der Waals surface area contributed by atoms with Crippen molar-refractivity contribution in [2.75, 3.05) is 7.11 Å². The molecule has 0 bridgehead atoms. The summed E-state index contributed by atoms with van der Waals surface area (Å²) in [5.74, 6) is -0.592. The van der Waals surface area contributed by atoms with Gasteiger partial charge < -0.3 is 4.74 Å². The number of halogens is 2. The van der Waals surface area contributed by atoms with Gasteiger partial charge in [-0.3, -0.25) is 9.36 Å². The molecule has 0 unspecified atom stereocenters. The van der Waals surface area contributed by atoms with Crippen LogP contribution in [0.5, 0.6) is 5.75 Å². The average molecular weight is 550 g/mol. The Labute approximate surface area is 223 Å². The lowest BCUT2D eigenvalue weighted by atomic mass is 10.0. The van der Waals surface area contributed by atoms with Gasteiger partial charge in [0.15, 0.2) is 9.84 Å². The summed E-state index contributed by atoms with van der Waals surface area (Å²) in [7, 11) is -2.29. The number of aromatic nitrogens is 3. The first kappa shape index (κ1) is 25.6. The van der Waals surface area contributed by atoms with Crippen molar-refractivity contribution in [2.45, 2.75) is 17.6 Å². The highest BCUT2D eigenvalue weighted by Gasteiger charge is 2.20. The zero-order chi connectivity index (χ0) is 27.0. The fraction of sp³-hybridized carbons (Fsp3) is 0.107. The fourth-order valence-electron chi connectivity index (χ4n) is 4.26. The Morgan fingerprint density at radius 1 is 1.03 bits per heavy atom. The highest BCUT2D eigenvalue weighted by Crippen LogP contribution is 2.35. The van der Waals surface area contributed by atoms with Gasteiger partial charge in [0.1, 0.15) is 17.9 Å². The molecule has 38 heavy (non-hydrogen) atoms. The molecule has 5 rings (SSSR count). The molecular formula is C28H21ClFN3O4S. The van der Waals surface area contributed by atoms with Crippen molar-refractivity contribution < 1.29 is 17.5 Å². The minimum atomic E-state index is -3.73. The molecule has 0 aliphatic heterocycles. The molecule has 0 amide bonds. The molecule has 0 aliphatic rings. The monoisotopic (exact) mass is 549 g/mol. The van der Waals surface area contributed by atoms with Crippen molar-refractivity contribution >= 4 is 32.3 Å². The van der Waals surface area contributed by atoms with Crippen LogP contribution < -0.4 is 10.3 Å². The Bertz CT molecular complexity index is 1860. The second-order valence-electron chi connectivity index (χ2n) is 8.66. The van der Waals surface area contributed by atoms with E-state index in [2.05, 4.69) is 9.97 Å². The minimum Gasteiger partial charge on any atom is -0.495 e. The van der Waals surface area contributed by atoms with Gasteiger partial charge in [0.25, 0.3) is 5.56 Å². The molecule has 0 saturated carbocycles. The van der Waals surface area contributed by atoms with Crippen molar-refractivity contribution in [1.29, 1.82) is 0 Å². The molecular weight excluding hydrogens is 529 g/mol. The van der Waals surface area contributed by atoms with Gasteiger partial charge in [-0.15, -0.1) is 0 Å². The lowest BCUT2D eigenvalue weighted by Gasteiger charge is -2.17. The second kappa shape index (κ2) is 10.00. The molecule has 0 atom stereocenters. The van der Waals surface area contributed by atoms with Crippen molar-refractivity contribution in [3.05, 3.63) is 112 Å². The summed E-state index contributed by atoms with van der Waals surface area (Å²) in [5.41, 5.74) is 2.21. The summed E-state index contributed by atoms with van der Waals surface area (Å²) in [4.78, 5) is 20.9. The Morgan fingerprint density at radius 2 is 1.84 bits per heavy atom. The van der Waals surface area contributed by atoms with E-state index in [1.807, 2.05) is 6.92 Å². The zero-order valence-corrected chi connectivity index (χ0v) is 21.9. The van der Waals surface area contributed by atoms with Crippen molar-refractivity contribution in [3.8, 4) is 22.6 Å². The molecule has 2 aromatic heterocycles. The third-order valence-electron chi connectivity index (χ3n) is 6.18. The number of rotatable bonds is 6. The quantitative estimate of drug-likeness (QED) is 0.276. The smallest absolute Gasteiger partial charge is 0.255 e. The summed E-state index contributed by atoms with van der Waals surface area (Å²) in [6.45, 7) is 1.83. The molecule has 0 aliphatic carbocycles. The van der Waals surface area contributed by atoms with E-state index in [9.17, 15) is 13.2 Å². The maximum absolute atomic E-state index is 15.4. The van der Waals surface area contributed by atoms with Crippen LogP contribution in [0, 0.1) is 12.7 Å². The lowest BCUT2D eigenvalue weighted by Crippen LogP contribution is -2.18. The minimum absolute atomic E-state index is 0.0698. The predicted octanol–water partition coefficient (Wildman–Crippen LogP) is 5.53. The summed E-state index contributed by atoms with van der Waals surface area (Å²) in [5, 5.41) is 1.05. The Balaban J connectivity index is 1.63. The number of methoxy groups -OCH3 is 1. The first-order chi connectivity index (χ1) is 18.2. The van der Waals surface area contributed by atoms with Gasteiger partial charge >= 0.3 is 0 Å². The maximum Gasteiger partial charge on any atom is 0.255 e. The first-order valence-electron chi connectivity index (χ1n) is 11.5. The van der Waals surface area contributed by atoms with Crippen LogP contribution in [0.4, 0.5) is 4.39 Å². The number of fused-ring (bicyclic) bond motifs is 1. The summed E-state index contributed by atoms with van der Waals surface area (Å²) < 4.78 is 48.3. The number of pyridine rings is 1. The average Bonchev–Trinajstić information content (AvgIpc) is 2.90. The molecule has 0 spiro atoms. The van der Waals surface area contributed by atoms with E-state index in [-0.39, 0.29) is 27.6 Å². The van der Waals surface area contributed by atoms with Crippen LogP contribution in [0.25, 0.3) is 27.7 Å². The first-order valence-corrected chi connectivity index (χ1v) is 13.5. The number of nitrogens with zero attached hydrogens (tertiary/aromatic N) is 3. The molecule has 2 heterocycles. The van der Waals surface area contributed by atoms with Gasteiger partial charge in [-0.1, -0.05) is 17.7 Å². The summed E-state index contributed by atoms with van der Waals surface area (Å²) >= 11 is 6.12. The van der Waals surface area contributed by atoms with E-state index < -0.39 is 21.2 Å². The standard InChI is InChI=1S/C28H21ClFN3O4S/c1-17-11-18(3-6-23(17)29)22-13-27(37-2)26(14-24(22)30)33-25-7-5-21(12-19(25)4-8-28(33)34)38(35,36)15-20-9-10-31-16-32-20/h3-14,16H,15H2,1-2H3. The maximum atomic E-state index is 15.4. The summed E-state index contributed by atoms with van der Waals surface area (Å²) in [6, 6.07) is 16.7. The predicted molar refractivity (Wildman–Crippen MR) is 144 cm³/mol. The lowest BCUT2D eigenvalue weighted by molar-refractivity contribution is 0.412. The van der Waals surface area contributed by atoms with Crippen molar-refractivity contribution in [1.82, 2.24) is 14.5 Å². The van der Waals surface area contributed by atoms with Gasteiger partial charge in [-0.2, -0.15) is 0 Å². The Kier molecular flexibility index (Phi) is 6.73. The van der Waals surface area contributed by atoms with Crippen LogP contribution in [-0.4, -0.2) is 30.1 Å². The van der Waals surface area contributed by atoms with Gasteiger partial charge in [0.05, 0.1) is 34.7 Å². The fourth-order valence-corrected chi connectivity index (χ4v) is 5.69. The van der Waals surface area contributed by atoms with E-state index in [1.54, 1.807) is 18.2 Å². The van der Waals surface area contributed by atoms with E-state index in [4.69, 9.17) is 16.3 Å². The summed E-state index contributed by atoms with van der Waals surface area (Å²) in [6.07, 6.45) is 2.76.